The molecule has 1 atom stereocenters. The van der Waals surface area contributed by atoms with Crippen LogP contribution in [0.4, 0.5) is 19.0 Å². The highest BCUT2D eigenvalue weighted by Crippen LogP contribution is 2.34. The highest BCUT2D eigenvalue weighted by molar-refractivity contribution is 6.36. The molecule has 1 unspecified atom stereocenters. The minimum absolute atomic E-state index is 0.219. The van der Waals surface area contributed by atoms with Gasteiger partial charge in [-0.15, -0.1) is 0 Å². The molecule has 2 N–H and O–H groups in total. The van der Waals surface area contributed by atoms with Crippen molar-refractivity contribution in [3.05, 3.63) is 57.7 Å². The van der Waals surface area contributed by atoms with Crippen molar-refractivity contribution in [3.8, 4) is 0 Å². The second-order valence-electron chi connectivity index (χ2n) is 4.43. The molecule has 1 heterocycles. The van der Waals surface area contributed by atoms with Crippen LogP contribution in [0.2, 0.25) is 10.0 Å². The molecule has 0 aliphatic heterocycles. The minimum atomic E-state index is -4.54. The van der Waals surface area contributed by atoms with Crippen LogP contribution in [0, 0.1) is 0 Å². The van der Waals surface area contributed by atoms with Gasteiger partial charge in [-0.05, 0) is 24.3 Å². The zero-order valence-electron chi connectivity index (χ0n) is 11.0. The number of rotatable bonds is 4. The third-order valence-electron chi connectivity index (χ3n) is 2.91. The summed E-state index contributed by atoms with van der Waals surface area (Å²) in [5, 5.41) is 13.0. The molecule has 0 fully saturated rings. The number of benzene rings is 1. The number of hydrogen-bond acceptors (Lipinski definition) is 3. The smallest absolute Gasteiger partial charge is 0.386 e. The minimum Gasteiger partial charge on any atom is -0.386 e. The summed E-state index contributed by atoms with van der Waals surface area (Å²) in [4.78, 5) is 3.65. The number of alkyl halides is 3. The fourth-order valence-electron chi connectivity index (χ4n) is 1.90. The number of hydrogen-bond donors (Lipinski definition) is 2. The Bertz CT molecular complexity index is 645. The van der Waals surface area contributed by atoms with Gasteiger partial charge in [0.25, 0.3) is 0 Å². The lowest BCUT2D eigenvalue weighted by Gasteiger charge is -2.17. The molecular formula is C14H11Cl2F3N2O. The van der Waals surface area contributed by atoms with Crippen LogP contribution in [0.1, 0.15) is 17.2 Å². The van der Waals surface area contributed by atoms with Crippen LogP contribution in [0.3, 0.4) is 0 Å². The first-order chi connectivity index (χ1) is 10.3. The number of aliphatic hydroxyl groups excluding tert-OH is 1. The van der Waals surface area contributed by atoms with Crippen molar-refractivity contribution in [2.75, 3.05) is 11.9 Å². The maximum Gasteiger partial charge on any atom is 0.419 e. The van der Waals surface area contributed by atoms with E-state index in [4.69, 9.17) is 23.2 Å². The largest absolute Gasteiger partial charge is 0.419 e. The summed E-state index contributed by atoms with van der Waals surface area (Å²) >= 11 is 11.9. The Morgan fingerprint density at radius 3 is 2.36 bits per heavy atom. The summed E-state index contributed by atoms with van der Waals surface area (Å²) in [5.41, 5.74) is -0.657. The predicted molar refractivity (Wildman–Crippen MR) is 79.2 cm³/mol. The van der Waals surface area contributed by atoms with Crippen LogP contribution < -0.4 is 5.32 Å². The van der Waals surface area contributed by atoms with E-state index >= 15 is 0 Å². The van der Waals surface area contributed by atoms with Gasteiger partial charge < -0.3 is 10.4 Å². The Hall–Kier alpha value is -1.50. The van der Waals surface area contributed by atoms with Crippen LogP contribution in [0.25, 0.3) is 0 Å². The maximum absolute atomic E-state index is 12.8. The van der Waals surface area contributed by atoms with Crippen molar-refractivity contribution in [1.29, 1.82) is 0 Å². The highest BCUT2D eigenvalue weighted by Gasteiger charge is 2.34. The van der Waals surface area contributed by atoms with Crippen molar-refractivity contribution >= 4 is 29.0 Å². The standard InChI is InChI=1S/C14H11Cl2F3N2O/c15-9-4-1-5-10(16)12(9)11(22)7-21-13-8(14(17,18)19)3-2-6-20-13/h1-6,11,22H,7H2,(H,20,21). The predicted octanol–water partition coefficient (Wildman–Crippen LogP) is 4.55. The van der Waals surface area contributed by atoms with E-state index in [-0.39, 0.29) is 28.0 Å². The average Bonchev–Trinajstić information content (AvgIpc) is 2.44. The van der Waals surface area contributed by atoms with E-state index in [0.717, 1.165) is 6.07 Å². The molecule has 0 amide bonds. The molecule has 0 saturated carbocycles. The molecular weight excluding hydrogens is 340 g/mol. The molecule has 0 saturated heterocycles. The zero-order chi connectivity index (χ0) is 16.3. The van der Waals surface area contributed by atoms with Crippen LogP contribution in [-0.4, -0.2) is 16.6 Å². The van der Waals surface area contributed by atoms with E-state index in [2.05, 4.69) is 10.3 Å². The topological polar surface area (TPSA) is 45.1 Å². The Balaban J connectivity index is 2.17. The summed E-state index contributed by atoms with van der Waals surface area (Å²) in [6, 6.07) is 6.77. The lowest BCUT2D eigenvalue weighted by Crippen LogP contribution is -2.17. The third kappa shape index (κ3) is 3.82. The first-order valence-corrected chi connectivity index (χ1v) is 6.94. The summed E-state index contributed by atoms with van der Waals surface area (Å²) in [5.74, 6) is -0.364. The number of aliphatic hydroxyl groups is 1. The molecule has 22 heavy (non-hydrogen) atoms. The van der Waals surface area contributed by atoms with Gasteiger partial charge in [0, 0.05) is 28.4 Å². The summed E-state index contributed by atoms with van der Waals surface area (Å²) in [6.07, 6.45) is -4.49. The quantitative estimate of drug-likeness (QED) is 0.849. The molecule has 3 nitrogen and oxygen atoms in total. The molecule has 1 aromatic carbocycles. The van der Waals surface area contributed by atoms with Crippen molar-refractivity contribution in [2.24, 2.45) is 0 Å². The van der Waals surface area contributed by atoms with E-state index in [9.17, 15) is 18.3 Å². The molecule has 8 heteroatoms. The second kappa shape index (κ2) is 6.73. The Labute approximate surface area is 134 Å². The molecule has 118 valence electrons. The average molecular weight is 351 g/mol. The maximum atomic E-state index is 12.8. The van der Waals surface area contributed by atoms with Gasteiger partial charge in [0.05, 0.1) is 11.7 Å². The molecule has 1 aromatic heterocycles. The normalized spacial score (nSPS) is 13.0. The fraction of sp³-hybridized carbons (Fsp3) is 0.214. The molecule has 2 rings (SSSR count). The lowest BCUT2D eigenvalue weighted by molar-refractivity contribution is -0.137. The van der Waals surface area contributed by atoms with Crippen LogP contribution >= 0.6 is 23.2 Å². The van der Waals surface area contributed by atoms with Crippen molar-refractivity contribution in [3.63, 3.8) is 0 Å². The van der Waals surface area contributed by atoms with Gasteiger partial charge in [-0.3, -0.25) is 0 Å². The van der Waals surface area contributed by atoms with E-state index in [0.29, 0.717) is 0 Å². The SMILES string of the molecule is OC(CNc1ncccc1C(F)(F)F)c1c(Cl)cccc1Cl. The van der Waals surface area contributed by atoms with E-state index in [1.165, 1.54) is 24.4 Å². The number of nitrogens with one attached hydrogen (secondary N) is 1. The fourth-order valence-corrected chi connectivity index (χ4v) is 2.55. The van der Waals surface area contributed by atoms with Crippen LogP contribution in [-0.2, 0) is 6.18 Å². The Kier molecular flexibility index (Phi) is 5.16. The Morgan fingerprint density at radius 1 is 1.14 bits per heavy atom. The van der Waals surface area contributed by atoms with Crippen LogP contribution in [0.15, 0.2) is 36.5 Å². The van der Waals surface area contributed by atoms with Gasteiger partial charge in [0.1, 0.15) is 5.82 Å². The van der Waals surface area contributed by atoms with E-state index in [1.54, 1.807) is 6.07 Å². The van der Waals surface area contributed by atoms with Gasteiger partial charge in [-0.25, -0.2) is 4.98 Å². The highest BCUT2D eigenvalue weighted by atomic mass is 35.5. The molecule has 2 aromatic rings. The Morgan fingerprint density at radius 2 is 1.77 bits per heavy atom. The van der Waals surface area contributed by atoms with Gasteiger partial charge in [0.2, 0.25) is 0 Å². The van der Waals surface area contributed by atoms with Crippen molar-refractivity contribution < 1.29 is 18.3 Å². The second-order valence-corrected chi connectivity index (χ2v) is 5.24. The summed E-state index contributed by atoms with van der Waals surface area (Å²) in [7, 11) is 0. The molecule has 0 radical (unpaired) electrons. The first-order valence-electron chi connectivity index (χ1n) is 6.18. The number of halogens is 5. The van der Waals surface area contributed by atoms with Crippen LogP contribution in [0.5, 0.6) is 0 Å². The molecule has 0 aliphatic carbocycles. The number of pyridine rings is 1. The number of aromatic nitrogens is 1. The molecule has 0 spiro atoms. The van der Waals surface area contributed by atoms with Crippen molar-refractivity contribution in [1.82, 2.24) is 4.98 Å². The van der Waals surface area contributed by atoms with E-state index < -0.39 is 17.8 Å². The molecule has 0 aliphatic rings. The summed E-state index contributed by atoms with van der Waals surface area (Å²) < 4.78 is 38.5. The van der Waals surface area contributed by atoms with Gasteiger partial charge in [-0.1, -0.05) is 29.3 Å². The van der Waals surface area contributed by atoms with Gasteiger partial charge >= 0.3 is 6.18 Å². The zero-order valence-corrected chi connectivity index (χ0v) is 12.5. The van der Waals surface area contributed by atoms with Gasteiger partial charge in [-0.2, -0.15) is 13.2 Å². The monoisotopic (exact) mass is 350 g/mol. The van der Waals surface area contributed by atoms with Crippen molar-refractivity contribution in [2.45, 2.75) is 12.3 Å². The lowest BCUT2D eigenvalue weighted by atomic mass is 10.1. The molecule has 0 bridgehead atoms. The van der Waals surface area contributed by atoms with E-state index in [1.807, 2.05) is 0 Å². The number of anilines is 1. The van der Waals surface area contributed by atoms with Gasteiger partial charge in [0.15, 0.2) is 0 Å². The first kappa shape index (κ1) is 16.9. The number of nitrogens with zero attached hydrogens (tertiary/aromatic N) is 1. The summed E-state index contributed by atoms with van der Waals surface area (Å²) in [6.45, 7) is -0.219. The third-order valence-corrected chi connectivity index (χ3v) is 3.57.